The molecule has 1 aliphatic carbocycles. The summed E-state index contributed by atoms with van der Waals surface area (Å²) in [7, 11) is 0. The summed E-state index contributed by atoms with van der Waals surface area (Å²) in [6, 6.07) is 10.5. The van der Waals surface area contributed by atoms with Gasteiger partial charge >= 0.3 is 6.03 Å². The predicted molar refractivity (Wildman–Crippen MR) is 127 cm³/mol. The van der Waals surface area contributed by atoms with Crippen LogP contribution in [0.1, 0.15) is 36.8 Å². The molecule has 170 valence electrons. The van der Waals surface area contributed by atoms with Gasteiger partial charge in [-0.1, -0.05) is 18.9 Å². The average Bonchev–Trinajstić information content (AvgIpc) is 3.30. The van der Waals surface area contributed by atoms with Crippen LogP contribution in [0.2, 0.25) is 0 Å². The molecule has 1 N–H and O–H groups in total. The zero-order valence-electron chi connectivity index (χ0n) is 17.5. The van der Waals surface area contributed by atoms with Crippen molar-refractivity contribution in [3.63, 3.8) is 0 Å². The monoisotopic (exact) mass is 561 g/mol. The van der Waals surface area contributed by atoms with E-state index >= 15 is 0 Å². The highest BCUT2D eigenvalue weighted by molar-refractivity contribution is 14.1. The molecule has 2 fully saturated rings. The molecule has 4 rings (SSSR count). The third-order valence-corrected chi connectivity index (χ3v) is 6.47. The van der Waals surface area contributed by atoms with Gasteiger partial charge in [0.05, 0.1) is 8.49 Å². The normalized spacial score (nSPS) is 18.0. The molecule has 0 unspecified atom stereocenters. The Bertz CT molecular complexity index is 1160. The zero-order valence-corrected chi connectivity index (χ0v) is 19.6. The number of barbiturate groups is 1. The number of hydrogen-bond acceptors (Lipinski definition) is 6. The number of nitro groups is 1. The van der Waals surface area contributed by atoms with E-state index in [1.54, 1.807) is 30.3 Å². The number of imide groups is 2. The van der Waals surface area contributed by atoms with Gasteiger partial charge in [0.2, 0.25) is 0 Å². The summed E-state index contributed by atoms with van der Waals surface area (Å²) in [5.41, 5.74) is 1.35. The van der Waals surface area contributed by atoms with E-state index < -0.39 is 22.8 Å². The highest BCUT2D eigenvalue weighted by Gasteiger charge is 2.40. The van der Waals surface area contributed by atoms with Crippen LogP contribution in [-0.4, -0.2) is 33.7 Å². The number of halogens is 1. The Hall–Kier alpha value is -3.28. The number of benzene rings is 2. The molecular weight excluding hydrogens is 541 g/mol. The van der Waals surface area contributed by atoms with Gasteiger partial charge in [-0.15, -0.1) is 0 Å². The van der Waals surface area contributed by atoms with Crippen LogP contribution in [-0.2, 0) is 16.2 Å². The van der Waals surface area contributed by atoms with Crippen molar-refractivity contribution in [2.75, 3.05) is 0 Å². The number of nitrogens with zero attached hydrogens (tertiary/aromatic N) is 2. The molecule has 0 radical (unpaired) electrons. The van der Waals surface area contributed by atoms with Gasteiger partial charge in [-0.2, -0.15) is 0 Å². The van der Waals surface area contributed by atoms with E-state index in [4.69, 9.17) is 4.74 Å². The Kier molecular flexibility index (Phi) is 6.72. The molecule has 1 heterocycles. The van der Waals surface area contributed by atoms with Crippen LogP contribution in [0, 0.1) is 13.7 Å². The Morgan fingerprint density at radius 2 is 1.82 bits per heavy atom. The average molecular weight is 561 g/mol. The molecular formula is C23H20IN3O6. The molecule has 9 nitrogen and oxygen atoms in total. The summed E-state index contributed by atoms with van der Waals surface area (Å²) < 4.78 is 6.57. The van der Waals surface area contributed by atoms with Crippen LogP contribution in [0.15, 0.2) is 48.0 Å². The lowest BCUT2D eigenvalue weighted by Crippen LogP contribution is -2.57. The lowest BCUT2D eigenvalue weighted by molar-refractivity contribution is -0.384. The number of carbonyl (C=O) groups excluding carboxylic acids is 3. The van der Waals surface area contributed by atoms with E-state index in [2.05, 4.69) is 27.9 Å². The Balaban J connectivity index is 1.48. The van der Waals surface area contributed by atoms with Crippen molar-refractivity contribution >= 4 is 52.2 Å². The number of amides is 4. The van der Waals surface area contributed by atoms with Crippen molar-refractivity contribution in [1.29, 1.82) is 0 Å². The third-order valence-electron chi connectivity index (χ3n) is 5.63. The first-order valence-electron chi connectivity index (χ1n) is 10.4. The summed E-state index contributed by atoms with van der Waals surface area (Å²) in [6.45, 7) is 0.230. The minimum Gasteiger partial charge on any atom is -0.488 e. The number of nitrogens with one attached hydrogen (secondary N) is 1. The maximum absolute atomic E-state index is 12.9. The summed E-state index contributed by atoms with van der Waals surface area (Å²) in [6.07, 6.45) is 4.88. The van der Waals surface area contributed by atoms with Crippen LogP contribution in [0.3, 0.4) is 0 Å². The van der Waals surface area contributed by atoms with Gasteiger partial charge in [0.15, 0.2) is 0 Å². The molecule has 1 saturated heterocycles. The summed E-state index contributed by atoms with van der Waals surface area (Å²) in [4.78, 5) is 49.0. The minimum absolute atomic E-state index is 0.0141. The number of nitro benzene ring substituents is 1. The summed E-state index contributed by atoms with van der Waals surface area (Å²) in [5, 5.41) is 13.0. The Morgan fingerprint density at radius 1 is 1.12 bits per heavy atom. The first kappa shape index (κ1) is 22.9. The molecule has 2 aliphatic rings. The fourth-order valence-corrected chi connectivity index (χ4v) is 4.63. The second kappa shape index (κ2) is 9.69. The molecule has 0 aromatic heterocycles. The van der Waals surface area contributed by atoms with E-state index in [9.17, 15) is 24.5 Å². The fraction of sp³-hybridized carbons (Fsp3) is 0.261. The van der Waals surface area contributed by atoms with Crippen molar-refractivity contribution < 1.29 is 24.0 Å². The predicted octanol–water partition coefficient (Wildman–Crippen LogP) is 4.18. The van der Waals surface area contributed by atoms with E-state index in [1.165, 1.54) is 23.1 Å². The Morgan fingerprint density at radius 3 is 2.45 bits per heavy atom. The number of hydrogen-bond donors (Lipinski definition) is 1. The molecule has 4 amide bonds. The quantitative estimate of drug-likeness (QED) is 0.186. The van der Waals surface area contributed by atoms with Crippen LogP contribution in [0.25, 0.3) is 6.08 Å². The molecule has 2 aromatic carbocycles. The SMILES string of the molecule is O=C1NC(=O)N(C2CCCC2)C(=O)/C1=C/c1ccc(OCc2ccc([N+](=O)[O-])cc2)c(I)c1. The van der Waals surface area contributed by atoms with Crippen LogP contribution in [0.5, 0.6) is 5.75 Å². The molecule has 10 heteroatoms. The molecule has 0 atom stereocenters. The highest BCUT2D eigenvalue weighted by Crippen LogP contribution is 2.28. The number of non-ortho nitro benzene ring substituents is 1. The lowest BCUT2D eigenvalue weighted by Gasteiger charge is -2.31. The van der Waals surface area contributed by atoms with Gasteiger partial charge in [0.1, 0.15) is 17.9 Å². The van der Waals surface area contributed by atoms with Crippen molar-refractivity contribution in [2.45, 2.75) is 38.3 Å². The summed E-state index contributed by atoms with van der Waals surface area (Å²) in [5.74, 6) is -0.671. The topological polar surface area (TPSA) is 119 Å². The number of ether oxygens (including phenoxy) is 1. The number of carbonyl (C=O) groups is 3. The van der Waals surface area contributed by atoms with Crippen molar-refractivity contribution in [1.82, 2.24) is 10.2 Å². The maximum atomic E-state index is 12.9. The van der Waals surface area contributed by atoms with Crippen LogP contribution in [0.4, 0.5) is 10.5 Å². The van der Waals surface area contributed by atoms with Gasteiger partial charge in [-0.25, -0.2) is 4.79 Å². The van der Waals surface area contributed by atoms with E-state index in [-0.39, 0.29) is 23.9 Å². The van der Waals surface area contributed by atoms with E-state index in [0.29, 0.717) is 11.3 Å². The second-order valence-electron chi connectivity index (χ2n) is 7.83. The fourth-order valence-electron chi connectivity index (χ4n) is 3.93. The van der Waals surface area contributed by atoms with Crippen LogP contribution >= 0.6 is 22.6 Å². The molecule has 0 spiro atoms. The van der Waals surface area contributed by atoms with Crippen LogP contribution < -0.4 is 10.1 Å². The largest absolute Gasteiger partial charge is 0.488 e. The molecule has 1 saturated carbocycles. The first-order valence-corrected chi connectivity index (χ1v) is 11.5. The number of rotatable bonds is 6. The van der Waals surface area contributed by atoms with Gasteiger partial charge < -0.3 is 4.74 Å². The number of urea groups is 1. The molecule has 1 aliphatic heterocycles. The zero-order chi connectivity index (χ0) is 23.5. The van der Waals surface area contributed by atoms with Crippen molar-refractivity contribution in [2.24, 2.45) is 0 Å². The van der Waals surface area contributed by atoms with Gasteiger partial charge in [0.25, 0.3) is 17.5 Å². The third kappa shape index (κ3) is 5.05. The lowest BCUT2D eigenvalue weighted by atomic mass is 10.1. The van der Waals surface area contributed by atoms with Gasteiger partial charge in [-0.05, 0) is 76.9 Å². The van der Waals surface area contributed by atoms with Crippen molar-refractivity contribution in [3.05, 3.63) is 72.8 Å². The standard InChI is InChI=1S/C23H20IN3O6/c24-19-12-15(7-10-20(19)33-13-14-5-8-17(9-6-14)27(31)32)11-18-21(28)25-23(30)26(22(18)29)16-3-1-2-4-16/h5-12,16H,1-4,13H2,(H,25,28,30)/b18-11+. The van der Waals surface area contributed by atoms with Crippen molar-refractivity contribution in [3.8, 4) is 5.75 Å². The first-order chi connectivity index (χ1) is 15.8. The van der Waals surface area contributed by atoms with Gasteiger partial charge in [-0.3, -0.25) is 29.9 Å². The smallest absolute Gasteiger partial charge is 0.331 e. The molecule has 33 heavy (non-hydrogen) atoms. The van der Waals surface area contributed by atoms with Gasteiger partial charge in [0, 0.05) is 18.2 Å². The molecule has 2 aromatic rings. The minimum atomic E-state index is -0.701. The summed E-state index contributed by atoms with van der Waals surface area (Å²) >= 11 is 2.09. The molecule has 0 bridgehead atoms. The maximum Gasteiger partial charge on any atom is 0.331 e. The Labute approximate surface area is 203 Å². The second-order valence-corrected chi connectivity index (χ2v) is 9.00. The highest BCUT2D eigenvalue weighted by atomic mass is 127. The van der Waals surface area contributed by atoms with E-state index in [1.807, 2.05) is 0 Å². The van der Waals surface area contributed by atoms with E-state index in [0.717, 1.165) is 34.8 Å².